The highest BCUT2D eigenvalue weighted by atomic mass is 32.2. The van der Waals surface area contributed by atoms with Gasteiger partial charge in [-0.15, -0.1) is 0 Å². The van der Waals surface area contributed by atoms with Gasteiger partial charge in [0.1, 0.15) is 0 Å². The first-order valence-electron chi connectivity index (χ1n) is 3.44. The number of rotatable bonds is 5. The molecule has 3 unspecified atom stereocenters. The summed E-state index contributed by atoms with van der Waals surface area (Å²) in [5.41, 5.74) is 0. The van der Waals surface area contributed by atoms with Gasteiger partial charge in [-0.05, 0) is 12.8 Å². The van der Waals surface area contributed by atoms with Crippen molar-refractivity contribution in [3.8, 4) is 0 Å². The average Bonchev–Trinajstić information content (AvgIpc) is 1.96. The van der Waals surface area contributed by atoms with Crippen molar-refractivity contribution >= 4 is 21.5 Å². The lowest BCUT2D eigenvalue weighted by atomic mass is 10.1. The van der Waals surface area contributed by atoms with Crippen molar-refractivity contribution in [3.63, 3.8) is 0 Å². The third-order valence-corrected chi connectivity index (χ3v) is 3.43. The SMILES string of the molecule is CC(COS(=O)[O-])C(C)S(=O)(=O)O. The molecule has 0 radical (unpaired) electrons. The Hall–Kier alpha value is -0.0200. The van der Waals surface area contributed by atoms with Crippen LogP contribution in [0.1, 0.15) is 13.8 Å². The molecule has 0 rings (SSSR count). The van der Waals surface area contributed by atoms with Gasteiger partial charge in [0.05, 0.1) is 23.2 Å². The van der Waals surface area contributed by atoms with Crippen molar-refractivity contribution in [2.24, 2.45) is 5.92 Å². The van der Waals surface area contributed by atoms with Crippen molar-refractivity contribution < 1.29 is 25.9 Å². The topological polar surface area (TPSA) is 104 Å². The van der Waals surface area contributed by atoms with E-state index in [9.17, 15) is 17.2 Å². The predicted octanol–water partition coefficient (Wildman–Crippen LogP) is -0.290. The van der Waals surface area contributed by atoms with E-state index < -0.39 is 32.6 Å². The average molecular weight is 231 g/mol. The maximum atomic E-state index is 10.6. The Morgan fingerprint density at radius 2 is 2.00 bits per heavy atom. The molecule has 80 valence electrons. The van der Waals surface area contributed by atoms with E-state index in [1.807, 2.05) is 0 Å². The Labute approximate surface area is 79.5 Å². The van der Waals surface area contributed by atoms with E-state index >= 15 is 0 Å². The number of hydrogen-bond donors (Lipinski definition) is 1. The Kier molecular flexibility index (Phi) is 5.00. The molecule has 0 aromatic carbocycles. The van der Waals surface area contributed by atoms with Gasteiger partial charge in [0.25, 0.3) is 10.1 Å². The molecule has 0 aromatic rings. The van der Waals surface area contributed by atoms with Gasteiger partial charge in [0.15, 0.2) is 0 Å². The van der Waals surface area contributed by atoms with E-state index in [2.05, 4.69) is 4.18 Å². The maximum Gasteiger partial charge on any atom is 0.267 e. The summed E-state index contributed by atoms with van der Waals surface area (Å²) in [5.74, 6) is -0.590. The van der Waals surface area contributed by atoms with Crippen molar-refractivity contribution in [1.82, 2.24) is 0 Å². The molecule has 8 heteroatoms. The van der Waals surface area contributed by atoms with Crippen LogP contribution in [0, 0.1) is 5.92 Å². The maximum absolute atomic E-state index is 10.6. The van der Waals surface area contributed by atoms with E-state index in [1.165, 1.54) is 13.8 Å². The fourth-order valence-electron chi connectivity index (χ4n) is 0.592. The lowest BCUT2D eigenvalue weighted by molar-refractivity contribution is 0.248. The second-order valence-electron chi connectivity index (χ2n) is 2.69. The van der Waals surface area contributed by atoms with Gasteiger partial charge in [-0.1, -0.05) is 6.92 Å². The molecule has 6 nitrogen and oxygen atoms in total. The largest absolute Gasteiger partial charge is 0.750 e. The summed E-state index contributed by atoms with van der Waals surface area (Å²) in [4.78, 5) is 0. The van der Waals surface area contributed by atoms with Gasteiger partial charge in [-0.2, -0.15) is 8.42 Å². The van der Waals surface area contributed by atoms with Gasteiger partial charge in [-0.3, -0.25) is 4.55 Å². The molecular formula is C5H11O6S2-. The predicted molar refractivity (Wildman–Crippen MR) is 45.0 cm³/mol. The minimum absolute atomic E-state index is 0.267. The second-order valence-corrected chi connectivity index (χ2v) is 5.10. The zero-order chi connectivity index (χ0) is 10.6. The van der Waals surface area contributed by atoms with Crippen molar-refractivity contribution in [2.45, 2.75) is 19.1 Å². The summed E-state index contributed by atoms with van der Waals surface area (Å²) in [6.45, 7) is 2.47. The van der Waals surface area contributed by atoms with E-state index in [0.29, 0.717) is 0 Å². The zero-order valence-corrected chi connectivity index (χ0v) is 8.80. The minimum Gasteiger partial charge on any atom is -0.750 e. The monoisotopic (exact) mass is 231 g/mol. The molecule has 3 atom stereocenters. The summed E-state index contributed by atoms with van der Waals surface area (Å²) in [6, 6.07) is 0. The van der Waals surface area contributed by atoms with Crippen LogP contribution in [0.15, 0.2) is 0 Å². The van der Waals surface area contributed by atoms with Crippen LogP contribution in [0.3, 0.4) is 0 Å². The minimum atomic E-state index is -4.13. The highest BCUT2D eigenvalue weighted by Crippen LogP contribution is 2.11. The molecule has 0 aliphatic rings. The van der Waals surface area contributed by atoms with Crippen molar-refractivity contribution in [3.05, 3.63) is 0 Å². The summed E-state index contributed by atoms with van der Waals surface area (Å²) < 4.78 is 53.8. The molecule has 0 aliphatic heterocycles. The Morgan fingerprint density at radius 3 is 2.31 bits per heavy atom. The molecule has 1 N–H and O–H groups in total. The van der Waals surface area contributed by atoms with Crippen LogP contribution < -0.4 is 0 Å². The van der Waals surface area contributed by atoms with Crippen molar-refractivity contribution in [2.75, 3.05) is 6.61 Å². The Balaban J connectivity index is 4.12. The molecule has 13 heavy (non-hydrogen) atoms. The lowest BCUT2D eigenvalue weighted by Gasteiger charge is -2.17. The molecule has 0 fully saturated rings. The molecule has 0 aliphatic carbocycles. The summed E-state index contributed by atoms with van der Waals surface area (Å²) in [7, 11) is -4.13. The molecular weight excluding hydrogens is 220 g/mol. The third-order valence-electron chi connectivity index (χ3n) is 1.70. The second kappa shape index (κ2) is 5.01. The molecule has 0 spiro atoms. The highest BCUT2D eigenvalue weighted by Gasteiger charge is 2.24. The smallest absolute Gasteiger partial charge is 0.267 e. The standard InChI is InChI=1S/C5H12O6S2/c1-4(3-11-12(6)7)5(2)13(8,9)10/h4-5H,3H2,1-2H3,(H,6,7)(H,8,9,10)/p-1. The normalized spacial score (nSPS) is 19.4. The van der Waals surface area contributed by atoms with Crippen LogP contribution in [0.2, 0.25) is 0 Å². The third kappa shape index (κ3) is 5.32. The van der Waals surface area contributed by atoms with Crippen LogP contribution in [-0.2, 0) is 25.7 Å². The molecule has 0 bridgehead atoms. The number of hydrogen-bond acceptors (Lipinski definition) is 5. The van der Waals surface area contributed by atoms with Gasteiger partial charge in [0, 0.05) is 0 Å². The fraction of sp³-hybridized carbons (Fsp3) is 1.00. The zero-order valence-electron chi connectivity index (χ0n) is 7.17. The highest BCUT2D eigenvalue weighted by molar-refractivity contribution is 7.86. The van der Waals surface area contributed by atoms with Crippen LogP contribution in [0.4, 0.5) is 0 Å². The first-order valence-corrected chi connectivity index (χ1v) is 5.94. The quantitative estimate of drug-likeness (QED) is 0.515. The Bertz CT molecular complexity index is 271. The van der Waals surface area contributed by atoms with Crippen LogP contribution in [0.25, 0.3) is 0 Å². The van der Waals surface area contributed by atoms with Gasteiger partial charge in [-0.25, -0.2) is 4.21 Å². The van der Waals surface area contributed by atoms with E-state index in [1.54, 1.807) is 0 Å². The summed E-state index contributed by atoms with van der Waals surface area (Å²) >= 11 is -2.66. The molecule has 0 heterocycles. The fourth-order valence-corrected chi connectivity index (χ4v) is 1.58. The van der Waals surface area contributed by atoms with Crippen LogP contribution in [0.5, 0.6) is 0 Å². The summed E-state index contributed by atoms with van der Waals surface area (Å²) in [6.07, 6.45) is 0. The van der Waals surface area contributed by atoms with E-state index in [4.69, 9.17) is 4.55 Å². The molecule has 0 saturated carbocycles. The van der Waals surface area contributed by atoms with E-state index in [-0.39, 0.29) is 6.61 Å². The van der Waals surface area contributed by atoms with Gasteiger partial charge >= 0.3 is 0 Å². The molecule has 0 saturated heterocycles. The Morgan fingerprint density at radius 1 is 1.54 bits per heavy atom. The first kappa shape index (κ1) is 13.0. The van der Waals surface area contributed by atoms with Crippen LogP contribution in [-0.4, -0.2) is 33.6 Å². The van der Waals surface area contributed by atoms with Gasteiger partial charge < -0.3 is 8.74 Å². The summed E-state index contributed by atoms with van der Waals surface area (Å²) in [5, 5.41) is -1.05. The van der Waals surface area contributed by atoms with Gasteiger partial charge in [0.2, 0.25) is 0 Å². The van der Waals surface area contributed by atoms with E-state index in [0.717, 1.165) is 0 Å². The molecule has 0 aromatic heterocycles. The van der Waals surface area contributed by atoms with Crippen LogP contribution >= 0.6 is 0 Å². The first-order chi connectivity index (χ1) is 5.75. The van der Waals surface area contributed by atoms with Crippen molar-refractivity contribution in [1.29, 1.82) is 0 Å². The lowest BCUT2D eigenvalue weighted by Crippen LogP contribution is -2.27. The molecule has 0 amide bonds.